The Hall–Kier alpha value is -2.58. The number of sulfonamides is 1. The Kier molecular flexibility index (Phi) is 8.69. The van der Waals surface area contributed by atoms with E-state index in [0.717, 1.165) is 21.7 Å². The zero-order valence-electron chi connectivity index (χ0n) is 19.1. The van der Waals surface area contributed by atoms with E-state index in [0.29, 0.717) is 22.7 Å². The molecule has 0 heterocycles. The third-order valence-electron chi connectivity index (χ3n) is 5.39. The van der Waals surface area contributed by atoms with Gasteiger partial charge in [-0.15, -0.1) is 0 Å². The summed E-state index contributed by atoms with van der Waals surface area (Å²) in [6.45, 7) is 5.25. The minimum Gasteiger partial charge on any atom is -0.357 e. The van der Waals surface area contributed by atoms with Gasteiger partial charge in [-0.25, -0.2) is 8.42 Å². The molecule has 2 aromatic carbocycles. The lowest BCUT2D eigenvalue weighted by atomic mass is 10.1. The number of aryl methyl sites for hydroxylation is 2. The lowest BCUT2D eigenvalue weighted by Gasteiger charge is -2.32. The van der Waals surface area contributed by atoms with Gasteiger partial charge in [0, 0.05) is 18.6 Å². The molecule has 0 aromatic heterocycles. The third kappa shape index (κ3) is 6.23. The first-order valence-corrected chi connectivity index (χ1v) is 12.5. The second kappa shape index (κ2) is 10.8. The van der Waals surface area contributed by atoms with Crippen LogP contribution in [0, 0.1) is 13.8 Å². The van der Waals surface area contributed by atoms with E-state index in [1.54, 1.807) is 43.3 Å². The lowest BCUT2D eigenvalue weighted by molar-refractivity contribution is -0.140. The molecule has 174 valence electrons. The van der Waals surface area contributed by atoms with Crippen molar-refractivity contribution >= 4 is 39.1 Å². The van der Waals surface area contributed by atoms with Crippen LogP contribution in [-0.2, 0) is 26.2 Å². The molecule has 0 bridgehead atoms. The zero-order valence-corrected chi connectivity index (χ0v) is 20.6. The maximum absolute atomic E-state index is 13.5. The fourth-order valence-electron chi connectivity index (χ4n) is 3.39. The highest BCUT2D eigenvalue weighted by Crippen LogP contribution is 2.23. The third-order valence-corrected chi connectivity index (χ3v) is 6.90. The van der Waals surface area contributed by atoms with Crippen LogP contribution < -0.4 is 9.62 Å². The van der Waals surface area contributed by atoms with Crippen LogP contribution in [0.5, 0.6) is 0 Å². The number of nitrogens with one attached hydrogen (secondary N) is 1. The zero-order chi connectivity index (χ0) is 24.1. The molecule has 0 aliphatic heterocycles. The van der Waals surface area contributed by atoms with Gasteiger partial charge in [-0.05, 0) is 55.2 Å². The van der Waals surface area contributed by atoms with Crippen molar-refractivity contribution in [2.24, 2.45) is 0 Å². The van der Waals surface area contributed by atoms with Crippen molar-refractivity contribution in [1.29, 1.82) is 0 Å². The molecule has 7 nitrogen and oxygen atoms in total. The molecule has 0 spiro atoms. The number of anilines is 1. The second-order valence-electron chi connectivity index (χ2n) is 7.69. The molecular formula is C23H30ClN3O4S. The molecule has 2 amide bonds. The molecule has 2 rings (SSSR count). The van der Waals surface area contributed by atoms with Crippen molar-refractivity contribution in [3.63, 3.8) is 0 Å². The summed E-state index contributed by atoms with van der Waals surface area (Å²) in [4.78, 5) is 27.4. The fourth-order valence-corrected chi connectivity index (χ4v) is 4.43. The van der Waals surface area contributed by atoms with E-state index in [4.69, 9.17) is 11.6 Å². The van der Waals surface area contributed by atoms with Crippen molar-refractivity contribution in [2.75, 3.05) is 24.2 Å². The van der Waals surface area contributed by atoms with Crippen LogP contribution in [0.4, 0.5) is 5.69 Å². The van der Waals surface area contributed by atoms with Crippen LogP contribution in [-0.4, -0.2) is 51.0 Å². The van der Waals surface area contributed by atoms with E-state index in [-0.39, 0.29) is 12.5 Å². The Morgan fingerprint density at radius 2 is 1.75 bits per heavy atom. The van der Waals surface area contributed by atoms with Crippen molar-refractivity contribution in [3.8, 4) is 0 Å². The highest BCUT2D eigenvalue weighted by molar-refractivity contribution is 7.92. The second-order valence-corrected chi connectivity index (χ2v) is 10.0. The molecule has 0 unspecified atom stereocenters. The number of amides is 2. The monoisotopic (exact) mass is 479 g/mol. The van der Waals surface area contributed by atoms with Crippen LogP contribution >= 0.6 is 11.6 Å². The van der Waals surface area contributed by atoms with E-state index in [1.807, 2.05) is 19.9 Å². The average Bonchev–Trinajstić information content (AvgIpc) is 2.74. The van der Waals surface area contributed by atoms with Crippen molar-refractivity contribution < 1.29 is 18.0 Å². The van der Waals surface area contributed by atoms with Gasteiger partial charge >= 0.3 is 0 Å². The van der Waals surface area contributed by atoms with Gasteiger partial charge in [0.05, 0.1) is 11.9 Å². The number of likely N-dealkylation sites (N-methyl/N-ethyl adjacent to an activating group) is 1. The van der Waals surface area contributed by atoms with Gasteiger partial charge in [-0.3, -0.25) is 13.9 Å². The molecule has 1 atom stereocenters. The van der Waals surface area contributed by atoms with Crippen LogP contribution in [0.1, 0.15) is 30.0 Å². The molecule has 0 aliphatic carbocycles. The van der Waals surface area contributed by atoms with Crippen LogP contribution in [0.15, 0.2) is 42.5 Å². The number of hydrogen-bond donors (Lipinski definition) is 1. The predicted molar refractivity (Wildman–Crippen MR) is 128 cm³/mol. The smallest absolute Gasteiger partial charge is 0.244 e. The van der Waals surface area contributed by atoms with Crippen LogP contribution in [0.25, 0.3) is 0 Å². The summed E-state index contributed by atoms with van der Waals surface area (Å²) in [5.41, 5.74) is 2.99. The van der Waals surface area contributed by atoms with Gasteiger partial charge in [0.25, 0.3) is 0 Å². The molecule has 0 radical (unpaired) electrons. The summed E-state index contributed by atoms with van der Waals surface area (Å²) >= 11 is 6.30. The number of rotatable bonds is 9. The maximum Gasteiger partial charge on any atom is 0.244 e. The largest absolute Gasteiger partial charge is 0.357 e. The normalized spacial score (nSPS) is 12.2. The molecule has 0 saturated carbocycles. The van der Waals surface area contributed by atoms with Crippen molar-refractivity contribution in [3.05, 3.63) is 64.2 Å². The van der Waals surface area contributed by atoms with E-state index in [2.05, 4.69) is 5.32 Å². The Balaban J connectivity index is 2.46. The maximum atomic E-state index is 13.5. The summed E-state index contributed by atoms with van der Waals surface area (Å²) < 4.78 is 26.2. The van der Waals surface area contributed by atoms with Crippen LogP contribution in [0.3, 0.4) is 0 Å². The minimum absolute atomic E-state index is 0.0783. The first kappa shape index (κ1) is 25.7. The molecule has 2 aromatic rings. The first-order valence-electron chi connectivity index (χ1n) is 10.3. The summed E-state index contributed by atoms with van der Waals surface area (Å²) in [5.74, 6) is -0.825. The van der Waals surface area contributed by atoms with E-state index < -0.39 is 28.5 Å². The summed E-state index contributed by atoms with van der Waals surface area (Å²) in [7, 11) is -2.26. The number of carbonyl (C=O) groups excluding carboxylic acids is 2. The van der Waals surface area contributed by atoms with E-state index in [1.165, 1.54) is 11.9 Å². The van der Waals surface area contributed by atoms with E-state index in [9.17, 15) is 18.0 Å². The van der Waals surface area contributed by atoms with Crippen LogP contribution in [0.2, 0.25) is 5.02 Å². The SMILES string of the molecule is CC[C@@H](C(=O)NC)N(Cc1ccccc1Cl)C(=O)CN(c1ccc(C)c(C)c1)S(C)(=O)=O. The predicted octanol–water partition coefficient (Wildman–Crippen LogP) is 3.28. The van der Waals surface area contributed by atoms with Gasteiger partial charge in [0.1, 0.15) is 12.6 Å². The number of halogens is 1. The lowest BCUT2D eigenvalue weighted by Crippen LogP contribution is -2.51. The molecular weight excluding hydrogens is 450 g/mol. The Bertz CT molecular complexity index is 1090. The summed E-state index contributed by atoms with van der Waals surface area (Å²) in [6.07, 6.45) is 1.42. The Morgan fingerprint density at radius 3 is 2.28 bits per heavy atom. The quantitative estimate of drug-likeness (QED) is 0.598. The standard InChI is InChI=1S/C23H30ClN3O4S/c1-6-21(23(29)25-4)26(14-18-9-7-8-10-20(18)24)22(28)15-27(32(5,30)31)19-12-11-16(2)17(3)13-19/h7-13,21H,6,14-15H2,1-5H3,(H,25,29)/t21-/m0/s1. The van der Waals surface area contributed by atoms with E-state index >= 15 is 0 Å². The highest BCUT2D eigenvalue weighted by Gasteiger charge is 2.31. The van der Waals surface area contributed by atoms with Crippen molar-refractivity contribution in [1.82, 2.24) is 10.2 Å². The first-order chi connectivity index (χ1) is 15.0. The van der Waals surface area contributed by atoms with Crippen molar-refractivity contribution in [2.45, 2.75) is 39.8 Å². The van der Waals surface area contributed by atoms with Gasteiger partial charge in [-0.1, -0.05) is 42.8 Å². The Morgan fingerprint density at radius 1 is 1.09 bits per heavy atom. The van der Waals surface area contributed by atoms with Gasteiger partial charge < -0.3 is 10.2 Å². The minimum atomic E-state index is -3.76. The molecule has 0 fully saturated rings. The van der Waals surface area contributed by atoms with Gasteiger partial charge in [0.15, 0.2) is 0 Å². The summed E-state index contributed by atoms with van der Waals surface area (Å²) in [5, 5.41) is 3.05. The van der Waals surface area contributed by atoms with Gasteiger partial charge in [-0.2, -0.15) is 0 Å². The fraction of sp³-hybridized carbons (Fsp3) is 0.391. The number of hydrogen-bond acceptors (Lipinski definition) is 4. The molecule has 0 aliphatic rings. The van der Waals surface area contributed by atoms with Gasteiger partial charge in [0.2, 0.25) is 21.8 Å². The number of carbonyl (C=O) groups is 2. The topological polar surface area (TPSA) is 86.8 Å². The number of benzene rings is 2. The molecule has 9 heteroatoms. The molecule has 0 saturated heterocycles. The number of nitrogens with zero attached hydrogens (tertiary/aromatic N) is 2. The highest BCUT2D eigenvalue weighted by atomic mass is 35.5. The summed E-state index contributed by atoms with van der Waals surface area (Å²) in [6, 6.07) is 11.5. The molecule has 1 N–H and O–H groups in total. The average molecular weight is 480 g/mol. The Labute approximate surface area is 195 Å². The molecule has 32 heavy (non-hydrogen) atoms.